The van der Waals surface area contributed by atoms with Crippen LogP contribution in [0.4, 0.5) is 4.39 Å². The van der Waals surface area contributed by atoms with Crippen LogP contribution in [0, 0.1) is 5.82 Å². The van der Waals surface area contributed by atoms with E-state index in [-0.39, 0.29) is 18.0 Å². The summed E-state index contributed by atoms with van der Waals surface area (Å²) in [6.07, 6.45) is 6.22. The third-order valence-electron chi connectivity index (χ3n) is 6.06. The zero-order valence-corrected chi connectivity index (χ0v) is 18.0. The van der Waals surface area contributed by atoms with Crippen molar-refractivity contribution in [2.75, 3.05) is 13.1 Å². The molecule has 0 aliphatic carbocycles. The number of ketones is 1. The largest absolute Gasteiger partial charge is 0.298 e. The Labute approximate surface area is 185 Å². The molecule has 1 aliphatic heterocycles. The minimum Gasteiger partial charge on any atom is -0.298 e. The molecule has 7 heteroatoms. The standard InChI is InChI=1S/C25H24FN5O/c1-30-23(16-31-10-2-3-11-31)21(15-28-30)18-4-5-19-14-27-25(29-22(19)12-18)13-24(32)17-6-8-20(26)9-7-17/h4-9,12,14-15H,2-3,10-11,13,16H2,1H3. The predicted octanol–water partition coefficient (Wildman–Crippen LogP) is 4.19. The molecule has 3 heterocycles. The molecule has 2 aromatic heterocycles. The van der Waals surface area contributed by atoms with Crippen molar-refractivity contribution in [3.05, 3.63) is 77.8 Å². The fraction of sp³-hybridized carbons (Fsp3) is 0.280. The first-order chi connectivity index (χ1) is 15.6. The lowest BCUT2D eigenvalue weighted by atomic mass is 10.0. The van der Waals surface area contributed by atoms with Crippen LogP contribution < -0.4 is 0 Å². The number of nitrogens with zero attached hydrogens (tertiary/aromatic N) is 5. The highest BCUT2D eigenvalue weighted by molar-refractivity contribution is 5.97. The molecular weight excluding hydrogens is 405 g/mol. The van der Waals surface area contributed by atoms with E-state index in [1.54, 1.807) is 6.20 Å². The summed E-state index contributed by atoms with van der Waals surface area (Å²) in [7, 11) is 1.98. The monoisotopic (exact) mass is 429 g/mol. The summed E-state index contributed by atoms with van der Waals surface area (Å²) >= 11 is 0. The normalized spacial score (nSPS) is 14.3. The summed E-state index contributed by atoms with van der Waals surface area (Å²) in [5, 5.41) is 5.41. The molecule has 5 rings (SSSR count). The van der Waals surface area contributed by atoms with E-state index >= 15 is 0 Å². The summed E-state index contributed by atoms with van der Waals surface area (Å²) < 4.78 is 15.1. The van der Waals surface area contributed by atoms with E-state index in [1.807, 2.05) is 30.1 Å². The van der Waals surface area contributed by atoms with Gasteiger partial charge in [0.05, 0.1) is 23.8 Å². The lowest BCUT2D eigenvalue weighted by Gasteiger charge is -2.16. The van der Waals surface area contributed by atoms with E-state index in [4.69, 9.17) is 0 Å². The van der Waals surface area contributed by atoms with E-state index in [0.29, 0.717) is 11.4 Å². The molecule has 2 aromatic carbocycles. The third-order valence-corrected chi connectivity index (χ3v) is 6.06. The summed E-state index contributed by atoms with van der Waals surface area (Å²) in [6, 6.07) is 11.7. The number of hydrogen-bond acceptors (Lipinski definition) is 5. The van der Waals surface area contributed by atoms with Gasteiger partial charge in [0.25, 0.3) is 0 Å². The number of hydrogen-bond donors (Lipinski definition) is 0. The van der Waals surface area contributed by atoms with Gasteiger partial charge in [-0.05, 0) is 61.8 Å². The lowest BCUT2D eigenvalue weighted by molar-refractivity contribution is 0.0991. The second kappa shape index (κ2) is 8.59. The second-order valence-corrected chi connectivity index (χ2v) is 8.28. The van der Waals surface area contributed by atoms with Gasteiger partial charge in [-0.3, -0.25) is 14.4 Å². The highest BCUT2D eigenvalue weighted by Gasteiger charge is 2.18. The molecule has 32 heavy (non-hydrogen) atoms. The molecule has 0 spiro atoms. The Kier molecular flexibility index (Phi) is 5.49. The molecule has 0 saturated carbocycles. The van der Waals surface area contributed by atoms with Crippen LogP contribution in [-0.4, -0.2) is 43.5 Å². The first-order valence-electron chi connectivity index (χ1n) is 10.8. The molecule has 0 bridgehead atoms. The molecule has 0 unspecified atom stereocenters. The van der Waals surface area contributed by atoms with E-state index < -0.39 is 0 Å². The van der Waals surface area contributed by atoms with Crippen LogP contribution in [0.1, 0.15) is 34.7 Å². The number of Topliss-reactive ketones (excluding diaryl/α,β-unsaturated/α-hetero) is 1. The molecule has 6 nitrogen and oxygen atoms in total. The average molecular weight is 429 g/mol. The fourth-order valence-corrected chi connectivity index (χ4v) is 4.24. The van der Waals surface area contributed by atoms with Gasteiger partial charge < -0.3 is 0 Å². The molecule has 0 amide bonds. The quantitative estimate of drug-likeness (QED) is 0.430. The minimum atomic E-state index is -0.365. The Hall–Kier alpha value is -3.45. The smallest absolute Gasteiger partial charge is 0.170 e. The number of fused-ring (bicyclic) bond motifs is 1. The van der Waals surface area contributed by atoms with Crippen molar-refractivity contribution in [2.45, 2.75) is 25.8 Å². The van der Waals surface area contributed by atoms with Gasteiger partial charge in [-0.1, -0.05) is 12.1 Å². The summed E-state index contributed by atoms with van der Waals surface area (Å²) in [6.45, 7) is 3.13. The molecule has 1 fully saturated rings. The van der Waals surface area contributed by atoms with Crippen LogP contribution in [0.15, 0.2) is 54.9 Å². The number of carbonyl (C=O) groups is 1. The molecule has 0 N–H and O–H groups in total. The Morgan fingerprint density at radius 3 is 2.62 bits per heavy atom. The van der Waals surface area contributed by atoms with Gasteiger partial charge >= 0.3 is 0 Å². The first kappa shape index (κ1) is 20.5. The van der Waals surface area contributed by atoms with Gasteiger partial charge in [-0.15, -0.1) is 0 Å². The van der Waals surface area contributed by atoms with Gasteiger partial charge in [0, 0.05) is 36.3 Å². The molecular formula is C25H24FN5O. The van der Waals surface area contributed by atoms with E-state index in [2.05, 4.69) is 26.0 Å². The van der Waals surface area contributed by atoms with Crippen molar-refractivity contribution in [2.24, 2.45) is 7.05 Å². The van der Waals surface area contributed by atoms with Gasteiger partial charge in [-0.25, -0.2) is 14.4 Å². The first-order valence-corrected chi connectivity index (χ1v) is 10.8. The van der Waals surface area contributed by atoms with Gasteiger partial charge in [0.15, 0.2) is 5.78 Å². The van der Waals surface area contributed by atoms with Crippen molar-refractivity contribution in [1.82, 2.24) is 24.6 Å². The fourth-order valence-electron chi connectivity index (χ4n) is 4.24. The molecule has 1 saturated heterocycles. The number of rotatable bonds is 6. The molecule has 162 valence electrons. The Morgan fingerprint density at radius 1 is 1.06 bits per heavy atom. The average Bonchev–Trinajstić information content (AvgIpc) is 3.44. The maximum absolute atomic E-state index is 13.1. The summed E-state index contributed by atoms with van der Waals surface area (Å²) in [5.41, 5.74) is 4.58. The van der Waals surface area contributed by atoms with Crippen molar-refractivity contribution < 1.29 is 9.18 Å². The third kappa shape index (κ3) is 4.16. The topological polar surface area (TPSA) is 63.9 Å². The lowest BCUT2D eigenvalue weighted by Crippen LogP contribution is -2.20. The van der Waals surface area contributed by atoms with Crippen LogP contribution in [-0.2, 0) is 20.0 Å². The van der Waals surface area contributed by atoms with Gasteiger partial charge in [-0.2, -0.15) is 5.10 Å². The number of aromatic nitrogens is 4. The molecule has 1 aliphatic rings. The molecule has 0 radical (unpaired) electrons. The zero-order chi connectivity index (χ0) is 22.1. The number of aryl methyl sites for hydroxylation is 1. The highest BCUT2D eigenvalue weighted by Crippen LogP contribution is 2.28. The van der Waals surface area contributed by atoms with Crippen LogP contribution in [0.25, 0.3) is 22.0 Å². The maximum atomic E-state index is 13.1. The Morgan fingerprint density at radius 2 is 1.84 bits per heavy atom. The van der Waals surface area contributed by atoms with E-state index in [9.17, 15) is 9.18 Å². The molecule has 0 atom stereocenters. The van der Waals surface area contributed by atoms with E-state index in [0.717, 1.165) is 41.7 Å². The predicted molar refractivity (Wildman–Crippen MR) is 121 cm³/mol. The second-order valence-electron chi connectivity index (χ2n) is 8.28. The highest BCUT2D eigenvalue weighted by atomic mass is 19.1. The Bertz CT molecular complexity index is 1280. The number of carbonyl (C=O) groups excluding carboxylic acids is 1. The summed E-state index contributed by atoms with van der Waals surface area (Å²) in [4.78, 5) is 24.0. The SMILES string of the molecule is Cn1ncc(-c2ccc3cnc(CC(=O)c4ccc(F)cc4)nc3c2)c1CN1CCCC1. The zero-order valence-electron chi connectivity index (χ0n) is 18.0. The number of likely N-dealkylation sites (tertiary alicyclic amines) is 1. The van der Waals surface area contributed by atoms with Crippen molar-refractivity contribution >= 4 is 16.7 Å². The summed E-state index contributed by atoms with van der Waals surface area (Å²) in [5.74, 6) is -0.0522. The van der Waals surface area contributed by atoms with Crippen LogP contribution >= 0.6 is 0 Å². The van der Waals surface area contributed by atoms with Crippen molar-refractivity contribution in [3.63, 3.8) is 0 Å². The minimum absolute atomic E-state index is 0.0684. The van der Waals surface area contributed by atoms with E-state index in [1.165, 1.54) is 42.8 Å². The maximum Gasteiger partial charge on any atom is 0.170 e. The Balaban J connectivity index is 1.43. The van der Waals surface area contributed by atoms with Crippen LogP contribution in [0.5, 0.6) is 0 Å². The van der Waals surface area contributed by atoms with Gasteiger partial charge in [0.2, 0.25) is 0 Å². The number of benzene rings is 2. The molecule has 4 aromatic rings. The van der Waals surface area contributed by atoms with Gasteiger partial charge in [0.1, 0.15) is 11.6 Å². The van der Waals surface area contributed by atoms with Crippen LogP contribution in [0.3, 0.4) is 0 Å². The van der Waals surface area contributed by atoms with Crippen molar-refractivity contribution in [1.29, 1.82) is 0 Å². The van der Waals surface area contributed by atoms with Crippen molar-refractivity contribution in [3.8, 4) is 11.1 Å². The van der Waals surface area contributed by atoms with Crippen LogP contribution in [0.2, 0.25) is 0 Å². The number of halogens is 1.